The van der Waals surface area contributed by atoms with Gasteiger partial charge in [0, 0.05) is 12.5 Å². The van der Waals surface area contributed by atoms with Crippen LogP contribution in [0.2, 0.25) is 5.15 Å². The Hall–Kier alpha value is -1.10. The fourth-order valence-corrected chi connectivity index (χ4v) is 2.83. The topological polar surface area (TPSA) is 61.0 Å². The monoisotopic (exact) mass is 271 g/mol. The second-order valence-electron chi connectivity index (χ2n) is 5.34. The molecule has 0 unspecified atom stereocenters. The molecule has 0 aromatic carbocycles. The molecule has 5 nitrogen and oxygen atoms in total. The zero-order valence-electron chi connectivity index (χ0n) is 10.7. The van der Waals surface area contributed by atoms with Crippen LogP contribution in [-0.4, -0.2) is 14.7 Å². The molecule has 0 saturated heterocycles. The zero-order chi connectivity index (χ0) is 13.3. The SMILES string of the molecule is CC(C)Cn1nc(C2CCCC2)c([N+](=O)[O-])c1Cl. The highest BCUT2D eigenvalue weighted by atomic mass is 35.5. The van der Waals surface area contributed by atoms with E-state index in [1.807, 2.05) is 13.8 Å². The van der Waals surface area contributed by atoms with E-state index in [-0.39, 0.29) is 21.7 Å². The fraction of sp³-hybridized carbons (Fsp3) is 0.750. The third-order valence-electron chi connectivity index (χ3n) is 3.36. The Morgan fingerprint density at radius 1 is 1.50 bits per heavy atom. The normalized spacial score (nSPS) is 16.7. The summed E-state index contributed by atoms with van der Waals surface area (Å²) in [6.07, 6.45) is 4.21. The average molecular weight is 272 g/mol. The molecule has 0 atom stereocenters. The minimum absolute atomic E-state index is 0.0178. The lowest BCUT2D eigenvalue weighted by atomic mass is 10.0. The van der Waals surface area contributed by atoms with Crippen molar-refractivity contribution in [2.75, 3.05) is 0 Å². The van der Waals surface area contributed by atoms with Crippen molar-refractivity contribution in [1.29, 1.82) is 0 Å². The van der Waals surface area contributed by atoms with Crippen LogP contribution in [0.25, 0.3) is 0 Å². The van der Waals surface area contributed by atoms with E-state index in [0.717, 1.165) is 25.7 Å². The molecule has 0 N–H and O–H groups in total. The van der Waals surface area contributed by atoms with E-state index in [1.54, 1.807) is 4.68 Å². The van der Waals surface area contributed by atoms with E-state index >= 15 is 0 Å². The number of rotatable bonds is 4. The van der Waals surface area contributed by atoms with Gasteiger partial charge < -0.3 is 0 Å². The molecule has 1 heterocycles. The van der Waals surface area contributed by atoms with Gasteiger partial charge in [0.05, 0.1) is 4.92 Å². The molecule has 18 heavy (non-hydrogen) atoms. The standard InChI is InChI=1S/C12H18ClN3O2/c1-8(2)7-15-12(13)11(16(17)18)10(14-15)9-5-3-4-6-9/h8-9H,3-7H2,1-2H3. The van der Waals surface area contributed by atoms with E-state index < -0.39 is 0 Å². The van der Waals surface area contributed by atoms with E-state index in [0.29, 0.717) is 18.2 Å². The number of hydrogen-bond acceptors (Lipinski definition) is 3. The average Bonchev–Trinajstić information content (AvgIpc) is 2.86. The number of aromatic nitrogens is 2. The summed E-state index contributed by atoms with van der Waals surface area (Å²) in [5, 5.41) is 15.7. The van der Waals surface area contributed by atoms with Gasteiger partial charge in [-0.1, -0.05) is 38.3 Å². The second kappa shape index (κ2) is 5.26. The molecule has 1 fully saturated rings. The summed E-state index contributed by atoms with van der Waals surface area (Å²) in [7, 11) is 0. The van der Waals surface area contributed by atoms with Crippen molar-refractivity contribution in [3.8, 4) is 0 Å². The quantitative estimate of drug-likeness (QED) is 0.619. The predicted molar refractivity (Wildman–Crippen MR) is 69.9 cm³/mol. The summed E-state index contributed by atoms with van der Waals surface area (Å²) in [5.74, 6) is 0.565. The summed E-state index contributed by atoms with van der Waals surface area (Å²) >= 11 is 6.11. The maximum Gasteiger partial charge on any atom is 0.329 e. The first-order chi connectivity index (χ1) is 8.50. The van der Waals surface area contributed by atoms with E-state index in [4.69, 9.17) is 11.6 Å². The molecule has 1 aliphatic rings. The lowest BCUT2D eigenvalue weighted by Crippen LogP contribution is -2.07. The highest BCUT2D eigenvalue weighted by molar-refractivity contribution is 6.31. The largest absolute Gasteiger partial charge is 0.329 e. The van der Waals surface area contributed by atoms with Crippen molar-refractivity contribution in [2.24, 2.45) is 5.92 Å². The number of nitrogens with zero attached hydrogens (tertiary/aromatic N) is 3. The highest BCUT2D eigenvalue weighted by Crippen LogP contribution is 2.41. The van der Waals surface area contributed by atoms with Crippen molar-refractivity contribution in [3.63, 3.8) is 0 Å². The Morgan fingerprint density at radius 2 is 2.11 bits per heavy atom. The summed E-state index contributed by atoms with van der Waals surface area (Å²) < 4.78 is 1.58. The van der Waals surface area contributed by atoms with Gasteiger partial charge in [-0.2, -0.15) is 5.10 Å². The van der Waals surface area contributed by atoms with Crippen LogP contribution in [0.5, 0.6) is 0 Å². The van der Waals surface area contributed by atoms with E-state index in [2.05, 4.69) is 5.10 Å². The molecule has 0 spiro atoms. The molecule has 2 rings (SSSR count). The third kappa shape index (κ3) is 2.51. The third-order valence-corrected chi connectivity index (χ3v) is 3.73. The van der Waals surface area contributed by atoms with Crippen LogP contribution in [0, 0.1) is 16.0 Å². The van der Waals surface area contributed by atoms with Gasteiger partial charge >= 0.3 is 5.69 Å². The first-order valence-corrected chi connectivity index (χ1v) is 6.79. The van der Waals surface area contributed by atoms with Crippen molar-refractivity contribution in [3.05, 3.63) is 21.0 Å². The van der Waals surface area contributed by atoms with Gasteiger partial charge in [-0.05, 0) is 18.8 Å². The van der Waals surface area contributed by atoms with Crippen LogP contribution in [-0.2, 0) is 6.54 Å². The summed E-state index contributed by atoms with van der Waals surface area (Å²) in [6.45, 7) is 4.70. The molecule has 1 aliphatic carbocycles. The summed E-state index contributed by atoms with van der Waals surface area (Å²) in [5.41, 5.74) is 0.604. The molecule has 0 radical (unpaired) electrons. The Bertz CT molecular complexity index is 450. The Morgan fingerprint density at radius 3 is 2.61 bits per heavy atom. The van der Waals surface area contributed by atoms with Gasteiger partial charge in [-0.25, -0.2) is 4.68 Å². The molecule has 1 aromatic rings. The predicted octanol–water partition coefficient (Wildman–Crippen LogP) is 3.76. The van der Waals surface area contributed by atoms with Crippen LogP contribution in [0.3, 0.4) is 0 Å². The first kappa shape index (κ1) is 13.3. The van der Waals surface area contributed by atoms with Gasteiger partial charge in [0.25, 0.3) is 0 Å². The van der Waals surface area contributed by atoms with Crippen molar-refractivity contribution < 1.29 is 4.92 Å². The number of nitro groups is 1. The first-order valence-electron chi connectivity index (χ1n) is 6.41. The van der Waals surface area contributed by atoms with Gasteiger partial charge in [-0.15, -0.1) is 0 Å². The van der Waals surface area contributed by atoms with Gasteiger partial charge in [0.15, 0.2) is 0 Å². The zero-order valence-corrected chi connectivity index (χ0v) is 11.5. The summed E-state index contributed by atoms with van der Waals surface area (Å²) in [6, 6.07) is 0. The minimum atomic E-state index is -0.389. The van der Waals surface area contributed by atoms with Crippen LogP contribution < -0.4 is 0 Å². The minimum Gasteiger partial charge on any atom is -0.258 e. The van der Waals surface area contributed by atoms with E-state index in [1.165, 1.54) is 0 Å². The molecular formula is C12H18ClN3O2. The van der Waals surface area contributed by atoms with Crippen LogP contribution in [0.4, 0.5) is 5.69 Å². The maximum absolute atomic E-state index is 11.2. The second-order valence-corrected chi connectivity index (χ2v) is 5.70. The smallest absolute Gasteiger partial charge is 0.258 e. The molecule has 1 aromatic heterocycles. The van der Waals surface area contributed by atoms with Crippen molar-refractivity contribution in [2.45, 2.75) is 52.0 Å². The Labute approximate surface area is 111 Å². The molecule has 6 heteroatoms. The van der Waals surface area contributed by atoms with Gasteiger partial charge in [0.1, 0.15) is 5.69 Å². The van der Waals surface area contributed by atoms with Gasteiger partial charge in [0.2, 0.25) is 5.15 Å². The van der Waals surface area contributed by atoms with Crippen LogP contribution >= 0.6 is 11.6 Å². The molecule has 0 amide bonds. The Balaban J connectivity index is 2.40. The maximum atomic E-state index is 11.2. The number of halogens is 1. The van der Waals surface area contributed by atoms with Crippen LogP contribution in [0.15, 0.2) is 0 Å². The fourth-order valence-electron chi connectivity index (χ4n) is 2.56. The molecule has 1 saturated carbocycles. The molecule has 100 valence electrons. The molecular weight excluding hydrogens is 254 g/mol. The molecule has 0 aliphatic heterocycles. The highest BCUT2D eigenvalue weighted by Gasteiger charge is 2.33. The van der Waals surface area contributed by atoms with E-state index in [9.17, 15) is 10.1 Å². The van der Waals surface area contributed by atoms with Crippen LogP contribution in [0.1, 0.15) is 51.1 Å². The van der Waals surface area contributed by atoms with Crippen molar-refractivity contribution in [1.82, 2.24) is 9.78 Å². The number of hydrogen-bond donors (Lipinski definition) is 0. The van der Waals surface area contributed by atoms with Crippen molar-refractivity contribution >= 4 is 17.3 Å². The molecule has 0 bridgehead atoms. The van der Waals surface area contributed by atoms with Gasteiger partial charge in [-0.3, -0.25) is 10.1 Å². The lowest BCUT2D eigenvalue weighted by molar-refractivity contribution is -0.385. The lowest BCUT2D eigenvalue weighted by Gasteiger charge is -2.05. The summed E-state index contributed by atoms with van der Waals surface area (Å²) in [4.78, 5) is 10.8. The Kier molecular flexibility index (Phi) is 3.90.